The summed E-state index contributed by atoms with van der Waals surface area (Å²) in [5.41, 5.74) is 8.17. The molecular weight excluding hydrogens is 375 g/mol. The molecule has 3 N–H and O–H groups in total. The quantitative estimate of drug-likeness (QED) is 0.806. The van der Waals surface area contributed by atoms with Crippen molar-refractivity contribution < 1.29 is 9.53 Å². The highest BCUT2D eigenvalue weighted by Gasteiger charge is 2.12. The minimum absolute atomic E-state index is 0. The Hall–Kier alpha value is -1.86. The van der Waals surface area contributed by atoms with E-state index >= 15 is 0 Å². The van der Waals surface area contributed by atoms with E-state index in [1.807, 2.05) is 30.5 Å². The fourth-order valence-electron chi connectivity index (χ4n) is 2.58. The molecule has 2 heterocycles. The number of aromatic nitrogens is 1. The molecular formula is C18H24Cl2N4O2. The summed E-state index contributed by atoms with van der Waals surface area (Å²) in [6, 6.07) is 11.3. The average molecular weight is 399 g/mol. The molecule has 1 aliphatic rings. The van der Waals surface area contributed by atoms with Crippen molar-refractivity contribution in [3.05, 3.63) is 59.3 Å². The van der Waals surface area contributed by atoms with Gasteiger partial charge in [0.05, 0.1) is 13.2 Å². The Balaban J connectivity index is 0.00000169. The van der Waals surface area contributed by atoms with Gasteiger partial charge in [-0.05, 0) is 29.3 Å². The van der Waals surface area contributed by atoms with Crippen molar-refractivity contribution >= 4 is 36.5 Å². The lowest BCUT2D eigenvalue weighted by Crippen LogP contribution is -2.36. The molecule has 0 radical (unpaired) electrons. The minimum atomic E-state index is -0.101. The topological polar surface area (TPSA) is 80.5 Å². The fourth-order valence-corrected chi connectivity index (χ4v) is 2.58. The molecule has 142 valence electrons. The molecule has 1 saturated heterocycles. The number of nitrogens with one attached hydrogen (secondary N) is 1. The third kappa shape index (κ3) is 5.85. The third-order valence-electron chi connectivity index (χ3n) is 4.05. The first-order valence-electron chi connectivity index (χ1n) is 8.11. The van der Waals surface area contributed by atoms with Crippen LogP contribution in [0.3, 0.4) is 0 Å². The van der Waals surface area contributed by atoms with Crippen LogP contribution in [0.5, 0.6) is 0 Å². The number of rotatable bonds is 5. The van der Waals surface area contributed by atoms with Gasteiger partial charge in [-0.25, -0.2) is 4.98 Å². The van der Waals surface area contributed by atoms with E-state index < -0.39 is 0 Å². The lowest BCUT2D eigenvalue weighted by molar-refractivity contribution is 0.0951. The van der Waals surface area contributed by atoms with Gasteiger partial charge in [0, 0.05) is 37.9 Å². The van der Waals surface area contributed by atoms with E-state index in [4.69, 9.17) is 10.5 Å². The number of ether oxygens (including phenoxy) is 1. The Morgan fingerprint density at radius 1 is 1.08 bits per heavy atom. The molecule has 0 aliphatic carbocycles. The zero-order valence-corrected chi connectivity index (χ0v) is 16.0. The van der Waals surface area contributed by atoms with Gasteiger partial charge in [0.2, 0.25) is 0 Å². The Kier molecular flexibility index (Phi) is 9.37. The van der Waals surface area contributed by atoms with Crippen LogP contribution in [0.4, 0.5) is 5.82 Å². The van der Waals surface area contributed by atoms with Gasteiger partial charge in [-0.1, -0.05) is 18.2 Å². The number of morpholine rings is 1. The summed E-state index contributed by atoms with van der Waals surface area (Å²) in [5.74, 6) is 0.849. The molecule has 6 nitrogen and oxygen atoms in total. The molecule has 0 atom stereocenters. The van der Waals surface area contributed by atoms with Gasteiger partial charge in [0.25, 0.3) is 5.91 Å². The van der Waals surface area contributed by atoms with Crippen molar-refractivity contribution in [3.63, 3.8) is 0 Å². The number of hydrogen-bond acceptors (Lipinski definition) is 5. The van der Waals surface area contributed by atoms with Gasteiger partial charge in [-0.3, -0.25) is 4.79 Å². The maximum absolute atomic E-state index is 12.1. The molecule has 0 saturated carbocycles. The summed E-state index contributed by atoms with van der Waals surface area (Å²) >= 11 is 0. The van der Waals surface area contributed by atoms with E-state index in [1.54, 1.807) is 12.1 Å². The maximum atomic E-state index is 12.1. The molecule has 0 spiro atoms. The number of nitrogens with two attached hydrogens (primary N) is 1. The van der Waals surface area contributed by atoms with Crippen LogP contribution in [0.15, 0.2) is 42.6 Å². The number of halogens is 2. The van der Waals surface area contributed by atoms with E-state index in [0.29, 0.717) is 18.7 Å². The van der Waals surface area contributed by atoms with Crippen molar-refractivity contribution in [2.24, 2.45) is 5.73 Å². The van der Waals surface area contributed by atoms with E-state index in [1.165, 1.54) is 0 Å². The van der Waals surface area contributed by atoms with Crippen LogP contribution in [0.2, 0.25) is 0 Å². The van der Waals surface area contributed by atoms with Crippen LogP contribution < -0.4 is 16.0 Å². The largest absolute Gasteiger partial charge is 0.378 e. The van der Waals surface area contributed by atoms with Gasteiger partial charge in [-0.15, -0.1) is 24.8 Å². The first-order chi connectivity index (χ1) is 11.8. The number of nitrogens with zero attached hydrogens (tertiary/aromatic N) is 2. The summed E-state index contributed by atoms with van der Waals surface area (Å²) < 4.78 is 5.34. The van der Waals surface area contributed by atoms with Crippen LogP contribution in [0.25, 0.3) is 0 Å². The number of hydrogen-bond donors (Lipinski definition) is 2. The number of carbonyl (C=O) groups is 1. The Morgan fingerprint density at radius 3 is 2.31 bits per heavy atom. The molecule has 8 heteroatoms. The molecule has 1 aliphatic heterocycles. The Bertz CT molecular complexity index is 675. The molecule has 0 unspecified atom stereocenters. The van der Waals surface area contributed by atoms with Gasteiger partial charge < -0.3 is 20.7 Å². The molecule has 2 aromatic rings. The van der Waals surface area contributed by atoms with E-state index in [0.717, 1.165) is 43.2 Å². The molecule has 0 bridgehead atoms. The van der Waals surface area contributed by atoms with Crippen molar-refractivity contribution in [2.75, 3.05) is 31.2 Å². The van der Waals surface area contributed by atoms with E-state index in [-0.39, 0.29) is 30.7 Å². The normalized spacial score (nSPS) is 13.3. The van der Waals surface area contributed by atoms with Gasteiger partial charge in [-0.2, -0.15) is 0 Å². The molecule has 3 rings (SSSR count). The standard InChI is InChI=1S/C18H22N4O2.2ClH/c19-11-14-1-4-16(5-2-14)18(23)21-13-15-3-6-17(20-12-15)22-7-9-24-10-8-22;;/h1-6,12H,7-11,13,19H2,(H,21,23);2*1H. The second kappa shape index (κ2) is 11.0. The second-order valence-corrected chi connectivity index (χ2v) is 5.71. The lowest BCUT2D eigenvalue weighted by atomic mass is 10.1. The zero-order valence-electron chi connectivity index (χ0n) is 14.4. The zero-order chi connectivity index (χ0) is 16.8. The molecule has 1 aromatic heterocycles. The van der Waals surface area contributed by atoms with Crippen LogP contribution in [-0.2, 0) is 17.8 Å². The second-order valence-electron chi connectivity index (χ2n) is 5.71. The average Bonchev–Trinajstić information content (AvgIpc) is 2.67. The summed E-state index contributed by atoms with van der Waals surface area (Å²) in [5, 5.41) is 2.91. The highest BCUT2D eigenvalue weighted by Crippen LogP contribution is 2.13. The monoisotopic (exact) mass is 398 g/mol. The molecule has 1 fully saturated rings. The van der Waals surface area contributed by atoms with Crippen LogP contribution in [-0.4, -0.2) is 37.2 Å². The number of carbonyl (C=O) groups excluding carboxylic acids is 1. The summed E-state index contributed by atoms with van der Waals surface area (Å²) in [6.07, 6.45) is 1.81. The number of benzene rings is 1. The van der Waals surface area contributed by atoms with Gasteiger partial charge in [0.15, 0.2) is 0 Å². The summed E-state index contributed by atoms with van der Waals surface area (Å²) in [6.45, 7) is 4.13. The highest BCUT2D eigenvalue weighted by molar-refractivity contribution is 5.94. The third-order valence-corrected chi connectivity index (χ3v) is 4.05. The van der Waals surface area contributed by atoms with Crippen LogP contribution in [0, 0.1) is 0 Å². The van der Waals surface area contributed by atoms with Crippen molar-refractivity contribution in [3.8, 4) is 0 Å². The number of anilines is 1. The van der Waals surface area contributed by atoms with Crippen LogP contribution in [0.1, 0.15) is 21.5 Å². The predicted octanol–water partition coefficient (Wildman–Crippen LogP) is 2.15. The Morgan fingerprint density at radius 2 is 1.73 bits per heavy atom. The number of amides is 1. The summed E-state index contributed by atoms with van der Waals surface area (Å²) in [4.78, 5) is 18.8. The number of pyridine rings is 1. The molecule has 1 aromatic carbocycles. The molecule has 26 heavy (non-hydrogen) atoms. The van der Waals surface area contributed by atoms with E-state index in [2.05, 4.69) is 15.2 Å². The van der Waals surface area contributed by atoms with Crippen molar-refractivity contribution in [1.82, 2.24) is 10.3 Å². The summed E-state index contributed by atoms with van der Waals surface area (Å²) in [7, 11) is 0. The lowest BCUT2D eigenvalue weighted by Gasteiger charge is -2.27. The first-order valence-corrected chi connectivity index (χ1v) is 8.11. The van der Waals surface area contributed by atoms with Crippen molar-refractivity contribution in [2.45, 2.75) is 13.1 Å². The van der Waals surface area contributed by atoms with Gasteiger partial charge in [0.1, 0.15) is 5.82 Å². The Labute approximate surface area is 165 Å². The highest BCUT2D eigenvalue weighted by atomic mass is 35.5. The molecule has 1 amide bonds. The fraction of sp³-hybridized carbons (Fsp3) is 0.333. The van der Waals surface area contributed by atoms with Crippen molar-refractivity contribution in [1.29, 1.82) is 0 Å². The predicted molar refractivity (Wildman–Crippen MR) is 107 cm³/mol. The maximum Gasteiger partial charge on any atom is 0.251 e. The van der Waals surface area contributed by atoms with E-state index in [9.17, 15) is 4.79 Å². The van der Waals surface area contributed by atoms with Gasteiger partial charge >= 0.3 is 0 Å². The smallest absolute Gasteiger partial charge is 0.251 e. The minimum Gasteiger partial charge on any atom is -0.378 e. The SMILES string of the molecule is Cl.Cl.NCc1ccc(C(=O)NCc2ccc(N3CCOCC3)nc2)cc1. The van der Waals surface area contributed by atoms with Crippen LogP contribution >= 0.6 is 24.8 Å². The first kappa shape index (κ1) is 22.2.